The normalized spacial score (nSPS) is 23.3. The second kappa shape index (κ2) is 58.1. The molecule has 0 aromatic heterocycles. The Morgan fingerprint density at radius 2 is 0.549 bits per heavy atom. The molecule has 22 heteroatoms. The topological polar surface area (TPSA) is 271 Å². The number of carbonyl (C=O) groups is 7. The first-order valence-electron chi connectivity index (χ1n) is 39.6. The van der Waals surface area contributed by atoms with Crippen LogP contribution in [0.15, 0.2) is 0 Å². The Morgan fingerprint density at radius 3 is 0.745 bits per heavy atom. The summed E-state index contributed by atoms with van der Waals surface area (Å²) in [5.74, 6) is 8.58. The third-order valence-electron chi connectivity index (χ3n) is 19.8. The van der Waals surface area contributed by atoms with Crippen LogP contribution in [-0.2, 0) is 33.4 Å². The number of amides is 6. The zero-order valence-electron chi connectivity index (χ0n) is 68.4. The van der Waals surface area contributed by atoms with E-state index in [-0.39, 0.29) is 82.7 Å². The van der Waals surface area contributed by atoms with Gasteiger partial charge in [0, 0.05) is 62.9 Å². The molecule has 4 saturated carbocycles. The fraction of sp³-hybridized carbons (Fsp3) is 0.912. The fourth-order valence-electron chi connectivity index (χ4n) is 14.3. The van der Waals surface area contributed by atoms with Crippen molar-refractivity contribution in [3.8, 4) is 0 Å². The third-order valence-corrected chi connectivity index (χ3v) is 20.0. The Bertz CT molecular complexity index is 2130. The Morgan fingerprint density at radius 1 is 0.353 bits per heavy atom. The molecule has 4 aliphatic rings. The minimum atomic E-state index is -0.459. The zero-order valence-corrected chi connectivity index (χ0v) is 71.4. The average molecular weight is 1530 g/mol. The predicted molar refractivity (Wildman–Crippen MR) is 429 cm³/mol. The van der Waals surface area contributed by atoms with Gasteiger partial charge in [-0.05, 0) is 274 Å². The molecule has 0 aliphatic heterocycles. The van der Waals surface area contributed by atoms with E-state index in [1.54, 1.807) is 0 Å². The summed E-state index contributed by atoms with van der Waals surface area (Å²) < 4.78 is 15.5. The summed E-state index contributed by atoms with van der Waals surface area (Å²) in [6.07, 6.45) is 24.7. The highest BCUT2D eigenvalue weighted by molar-refractivity contribution is 6.64. The van der Waals surface area contributed by atoms with Crippen LogP contribution in [0.5, 0.6) is 0 Å². The van der Waals surface area contributed by atoms with Crippen LogP contribution < -0.4 is 43.4 Å². The van der Waals surface area contributed by atoms with Crippen LogP contribution in [0.1, 0.15) is 299 Å². The summed E-state index contributed by atoms with van der Waals surface area (Å²) in [4.78, 5) is 83.0. The molecule has 4 rings (SSSR count). The van der Waals surface area contributed by atoms with E-state index < -0.39 is 16.8 Å². The van der Waals surface area contributed by atoms with Crippen molar-refractivity contribution in [1.82, 2.24) is 31.9 Å². The molecule has 0 heterocycles. The molecule has 0 saturated heterocycles. The molecular formula is C80H156Cl4N8O10. The number of rotatable bonds is 30. The van der Waals surface area contributed by atoms with Gasteiger partial charge in [-0.3, -0.25) is 19.2 Å². The van der Waals surface area contributed by atoms with Crippen molar-refractivity contribution in [3.05, 3.63) is 0 Å². The van der Waals surface area contributed by atoms with Gasteiger partial charge >= 0.3 is 18.3 Å². The maximum Gasteiger partial charge on any atom is 0.407 e. The van der Waals surface area contributed by atoms with Gasteiger partial charge in [-0.25, -0.2) is 14.4 Å². The van der Waals surface area contributed by atoms with Crippen LogP contribution >= 0.6 is 47.2 Å². The molecule has 0 unspecified atom stereocenters. The lowest BCUT2D eigenvalue weighted by molar-refractivity contribution is -0.130. The Hall–Kier alpha value is -3.03. The Balaban J connectivity index is -0.00000121. The predicted octanol–water partition coefficient (Wildman–Crippen LogP) is 18.9. The molecule has 604 valence electrons. The summed E-state index contributed by atoms with van der Waals surface area (Å²) in [6.45, 7) is 49.1. The van der Waals surface area contributed by atoms with E-state index in [1.807, 2.05) is 62.3 Å². The molecule has 12 atom stereocenters. The number of unbranched alkanes of at least 4 members (excludes halogenated alkanes) is 8. The first-order chi connectivity index (χ1) is 47.1. The average Bonchev–Trinajstić information content (AvgIpc) is 0.854. The highest BCUT2D eigenvalue weighted by atomic mass is 35.5. The molecule has 4 aliphatic carbocycles. The molecule has 0 aromatic carbocycles. The monoisotopic (exact) mass is 1530 g/mol. The van der Waals surface area contributed by atoms with Gasteiger partial charge in [-0.1, -0.05) is 122 Å². The summed E-state index contributed by atoms with van der Waals surface area (Å²) in [7, 11) is 0. The quantitative estimate of drug-likeness (QED) is 0.0144. The van der Waals surface area contributed by atoms with E-state index in [9.17, 15) is 33.6 Å². The van der Waals surface area contributed by atoms with Crippen LogP contribution in [-0.4, -0.2) is 116 Å². The zero-order chi connectivity index (χ0) is 77.5. The number of hydrogen-bond donors (Lipinski definition) is 8. The van der Waals surface area contributed by atoms with Crippen molar-refractivity contribution in [1.29, 1.82) is 0 Å². The van der Waals surface area contributed by atoms with Crippen LogP contribution in [0.25, 0.3) is 0 Å². The molecule has 0 radical (unpaired) electrons. The van der Waals surface area contributed by atoms with Crippen molar-refractivity contribution in [2.75, 3.05) is 57.7 Å². The number of halogens is 4. The lowest BCUT2D eigenvalue weighted by Gasteiger charge is -2.36. The van der Waals surface area contributed by atoms with Gasteiger partial charge in [-0.2, -0.15) is 0 Å². The van der Waals surface area contributed by atoms with Gasteiger partial charge in [-0.15, -0.1) is 35.6 Å². The van der Waals surface area contributed by atoms with Crippen molar-refractivity contribution in [2.45, 2.75) is 316 Å². The van der Waals surface area contributed by atoms with Crippen LogP contribution in [0.2, 0.25) is 0 Å². The fourth-order valence-corrected chi connectivity index (χ4v) is 14.5. The lowest BCUT2D eigenvalue weighted by Crippen LogP contribution is -2.40. The van der Waals surface area contributed by atoms with Crippen LogP contribution in [0.4, 0.5) is 14.4 Å². The van der Waals surface area contributed by atoms with E-state index in [0.717, 1.165) is 129 Å². The number of ether oxygens (including phenoxy) is 3. The minimum Gasteiger partial charge on any atom is -0.444 e. The summed E-state index contributed by atoms with van der Waals surface area (Å²) in [6, 6.07) is 0. The van der Waals surface area contributed by atoms with Gasteiger partial charge in [0.2, 0.25) is 23.0 Å². The van der Waals surface area contributed by atoms with E-state index in [0.29, 0.717) is 97.2 Å². The molecule has 0 bridgehead atoms. The summed E-state index contributed by atoms with van der Waals surface area (Å²) in [5, 5.41) is 17.7. The summed E-state index contributed by atoms with van der Waals surface area (Å²) in [5.41, 5.74) is 9.47. The van der Waals surface area contributed by atoms with E-state index in [4.69, 9.17) is 60.5 Å². The number of nitrogens with one attached hydrogen (secondary N) is 6. The van der Waals surface area contributed by atoms with E-state index in [2.05, 4.69) is 115 Å². The number of alkyl carbamates (subject to hydrolysis) is 3. The molecule has 102 heavy (non-hydrogen) atoms. The largest absolute Gasteiger partial charge is 0.444 e. The van der Waals surface area contributed by atoms with Gasteiger partial charge in [0.15, 0.2) is 0 Å². The highest BCUT2D eigenvalue weighted by Gasteiger charge is 2.38. The third kappa shape index (κ3) is 52.9. The Kier molecular flexibility index (Phi) is 58.7. The first-order valence-corrected chi connectivity index (χ1v) is 41.0. The van der Waals surface area contributed by atoms with E-state index >= 15 is 0 Å². The van der Waals surface area contributed by atoms with Crippen LogP contribution in [0.3, 0.4) is 0 Å². The van der Waals surface area contributed by atoms with Gasteiger partial charge in [0.25, 0.3) is 0 Å². The second-order valence-electron chi connectivity index (χ2n) is 34.1. The molecule has 4 fully saturated rings. The Labute approximate surface area is 644 Å². The van der Waals surface area contributed by atoms with Gasteiger partial charge in [0.05, 0.1) is 5.34 Å². The number of alkyl halides is 2. The van der Waals surface area contributed by atoms with Crippen molar-refractivity contribution in [3.63, 3.8) is 0 Å². The minimum absolute atomic E-state index is 0. The maximum atomic E-state index is 12.6. The number of hydrogen-bond acceptors (Lipinski definition) is 12. The molecule has 18 nitrogen and oxygen atoms in total. The lowest BCUT2D eigenvalue weighted by atomic mass is 9.70. The smallest absolute Gasteiger partial charge is 0.407 e. The molecule has 0 spiro atoms. The standard InChI is InChI=1S/2C21H40N2O3.C16H32N2O.C11H19ClO.C10H22N2O2.CH2Cl2.ClH/c2*1-15(2)17-11-10-16(3)14-18(17)19(24)22-12-8-7-9-13-23-20(25)26-21(4,5)6;1-12(2)14-8-7-13(3)11-15(14)16(19)18-10-6-4-5-9-17;1-7(2)9-5-4-8(3)6-10(9)11(12)13;1-10(2,3)14-9(13)12-8-6-4-5-7-11;2-1-3;/h2*15-18H,7-14H2,1-6H3,(H,22,24)(H,23,25);12-15H,4-11,17H2,1-3H3,(H,18,19);7-10H,4-6H2,1-3H3;4-8,11H2,1-3H3,(H,12,13);1H2;1H/t2*16-,17+,18-;13-,14+,15-;8-,9+,10-;;;/m1111.../s1. The van der Waals surface area contributed by atoms with Gasteiger partial charge < -0.3 is 57.6 Å². The highest BCUT2D eigenvalue weighted by Crippen LogP contribution is 2.42. The molecular weight excluding hydrogens is 1370 g/mol. The SMILES string of the molecule is CC(C)(C)OC(=O)NCCCCCN.CC(C)[C@@H]1CC[C@@H](C)C[C@H]1C(=O)Cl.CC(C)[C@@H]1CC[C@@H](C)C[C@H]1C(=O)NCCCCCN.CC(C)[C@@H]1CC[C@@H](C)C[C@H]1C(=O)NCCCCCNC(=O)OC(C)(C)C.CC(C)[C@@H]1CC[C@@H](C)C[C@H]1C(=O)NCCCCCNC(=O)OC(C)(C)C.Cl.ClCCl. The second-order valence-corrected chi connectivity index (χ2v) is 35.3. The summed E-state index contributed by atoms with van der Waals surface area (Å²) >= 11 is 15.1. The van der Waals surface area contributed by atoms with Crippen molar-refractivity contribution >= 4 is 88.5 Å². The molecule has 0 aromatic rings. The first kappa shape index (κ1) is 103. The maximum absolute atomic E-state index is 12.6. The number of nitrogens with two attached hydrogens (primary N) is 2. The van der Waals surface area contributed by atoms with Crippen LogP contribution in [0, 0.1) is 94.7 Å². The molecule has 10 N–H and O–H groups in total. The van der Waals surface area contributed by atoms with E-state index in [1.165, 1.54) is 51.4 Å². The number of carbonyl (C=O) groups excluding carboxylic acids is 7. The van der Waals surface area contributed by atoms with Crippen molar-refractivity contribution in [2.24, 2.45) is 106 Å². The van der Waals surface area contributed by atoms with Gasteiger partial charge in [0.1, 0.15) is 16.8 Å². The molecule has 6 amide bonds. The van der Waals surface area contributed by atoms with Crippen molar-refractivity contribution < 1.29 is 47.8 Å².